The number of amides is 1. The maximum Gasteiger partial charge on any atom is 0.306 e. The highest BCUT2D eigenvalue weighted by molar-refractivity contribution is 7.86. The molecule has 1 aromatic heterocycles. The highest BCUT2D eigenvalue weighted by Crippen LogP contribution is 2.32. The molecule has 4 rings (SSSR count). The van der Waals surface area contributed by atoms with E-state index in [1.54, 1.807) is 23.5 Å². The number of thiophene rings is 1. The van der Waals surface area contributed by atoms with Crippen molar-refractivity contribution in [2.45, 2.75) is 52.0 Å². The normalized spacial score (nSPS) is 15.9. The summed E-state index contributed by atoms with van der Waals surface area (Å²) in [5.74, 6) is 0.432. The number of fused-ring (bicyclic) bond motifs is 2. The van der Waals surface area contributed by atoms with Crippen LogP contribution < -0.4 is 9.92 Å². The zero-order chi connectivity index (χ0) is 24.7. The third kappa shape index (κ3) is 5.45. The summed E-state index contributed by atoms with van der Waals surface area (Å²) in [6, 6.07) is 9.34. The average molecular weight is 501 g/mol. The lowest BCUT2D eigenvalue weighted by atomic mass is 9.89. The van der Waals surface area contributed by atoms with E-state index >= 15 is 0 Å². The number of carbonyl (C=O) groups is 1. The Kier molecular flexibility index (Phi) is 6.77. The van der Waals surface area contributed by atoms with E-state index < -0.39 is 15.7 Å². The second-order valence-corrected chi connectivity index (χ2v) is 12.2. The smallest absolute Gasteiger partial charge is 0.306 e. The first-order chi connectivity index (χ1) is 15.9. The van der Waals surface area contributed by atoms with Crippen molar-refractivity contribution in [3.63, 3.8) is 0 Å². The largest absolute Gasteiger partial charge is 0.383 e. The Bertz CT molecular complexity index is 1340. The molecule has 0 saturated heterocycles. The minimum atomic E-state index is -3.55. The molecular weight excluding hydrogens is 468 g/mol. The van der Waals surface area contributed by atoms with Gasteiger partial charge in [-0.25, -0.2) is 0 Å². The van der Waals surface area contributed by atoms with Gasteiger partial charge in [0.1, 0.15) is 5.75 Å². The second-order valence-electron chi connectivity index (χ2n) is 9.69. The molecule has 182 valence electrons. The standard InChI is InChI=1S/C26H32N2O4S2/c1-17-5-7-23-21(18(17)2)10-13-28(25(23)29)14-12-26(3,27)11-9-19-16-33-24-15-20(6-8-22(19)24)32-34(4,30)31/h5-8,15-16H,9-14,27H2,1-4H3. The van der Waals surface area contributed by atoms with Gasteiger partial charge in [-0.05, 0) is 104 Å². The fourth-order valence-corrected chi connectivity index (χ4v) is 6.03. The molecule has 1 unspecified atom stereocenters. The highest BCUT2D eigenvalue weighted by atomic mass is 32.2. The molecule has 0 radical (unpaired) electrons. The van der Waals surface area contributed by atoms with E-state index in [0.29, 0.717) is 12.3 Å². The summed E-state index contributed by atoms with van der Waals surface area (Å²) in [5, 5.41) is 3.19. The van der Waals surface area contributed by atoms with E-state index in [-0.39, 0.29) is 5.91 Å². The first-order valence-corrected chi connectivity index (χ1v) is 14.2. The van der Waals surface area contributed by atoms with Gasteiger partial charge >= 0.3 is 10.1 Å². The molecule has 1 aliphatic rings. The molecule has 0 bridgehead atoms. The monoisotopic (exact) mass is 500 g/mol. The predicted molar refractivity (Wildman–Crippen MR) is 138 cm³/mol. The van der Waals surface area contributed by atoms with E-state index in [4.69, 9.17) is 9.92 Å². The van der Waals surface area contributed by atoms with Crippen LogP contribution in [0.1, 0.15) is 52.4 Å². The van der Waals surface area contributed by atoms with Crippen molar-refractivity contribution in [3.8, 4) is 5.75 Å². The van der Waals surface area contributed by atoms with Gasteiger partial charge in [0.2, 0.25) is 0 Å². The lowest BCUT2D eigenvalue weighted by Gasteiger charge is -2.33. The SMILES string of the molecule is Cc1ccc2c(c1C)CCN(CCC(C)(N)CCc1csc3cc(OS(C)(=O)=O)ccc13)C2=O. The number of nitrogens with two attached hydrogens (primary N) is 1. The van der Waals surface area contributed by atoms with Gasteiger partial charge in [-0.2, -0.15) is 8.42 Å². The number of benzene rings is 2. The summed E-state index contributed by atoms with van der Waals surface area (Å²) >= 11 is 1.57. The lowest BCUT2D eigenvalue weighted by molar-refractivity contribution is 0.0726. The molecule has 2 aromatic carbocycles. The minimum absolute atomic E-state index is 0.107. The van der Waals surface area contributed by atoms with Gasteiger partial charge in [-0.3, -0.25) is 4.79 Å². The van der Waals surface area contributed by atoms with E-state index in [9.17, 15) is 13.2 Å². The Balaban J connectivity index is 1.37. The van der Waals surface area contributed by atoms with Gasteiger partial charge in [0.15, 0.2) is 0 Å². The molecule has 0 saturated carbocycles. The van der Waals surface area contributed by atoms with Crippen LogP contribution in [-0.2, 0) is 23.0 Å². The van der Waals surface area contributed by atoms with Crippen molar-refractivity contribution in [2.75, 3.05) is 19.3 Å². The third-order valence-electron chi connectivity index (χ3n) is 6.81. The zero-order valence-electron chi connectivity index (χ0n) is 20.2. The Hall–Kier alpha value is -2.42. The summed E-state index contributed by atoms with van der Waals surface area (Å²) in [6.07, 6.45) is 4.26. The Morgan fingerprint density at radius 1 is 1.18 bits per heavy atom. The van der Waals surface area contributed by atoms with Crippen LogP contribution in [0.2, 0.25) is 0 Å². The van der Waals surface area contributed by atoms with Crippen LogP contribution in [0.4, 0.5) is 0 Å². The van der Waals surface area contributed by atoms with Crippen LogP contribution in [0.5, 0.6) is 5.75 Å². The summed E-state index contributed by atoms with van der Waals surface area (Å²) in [7, 11) is -3.55. The quantitative estimate of drug-likeness (QED) is 0.457. The fraction of sp³-hybridized carbons (Fsp3) is 0.423. The third-order valence-corrected chi connectivity index (χ3v) is 8.30. The van der Waals surface area contributed by atoms with Gasteiger partial charge in [-0.1, -0.05) is 6.07 Å². The van der Waals surface area contributed by atoms with Crippen molar-refractivity contribution in [2.24, 2.45) is 5.73 Å². The van der Waals surface area contributed by atoms with Crippen LogP contribution in [0.25, 0.3) is 10.1 Å². The molecular formula is C26H32N2O4S2. The molecule has 1 atom stereocenters. The summed E-state index contributed by atoms with van der Waals surface area (Å²) in [4.78, 5) is 15.0. The number of hydrogen-bond donors (Lipinski definition) is 1. The minimum Gasteiger partial charge on any atom is -0.383 e. The van der Waals surface area contributed by atoms with Crippen LogP contribution in [-0.4, -0.2) is 44.1 Å². The van der Waals surface area contributed by atoms with Crippen molar-refractivity contribution in [3.05, 3.63) is 63.5 Å². The summed E-state index contributed by atoms with van der Waals surface area (Å²) in [6.45, 7) is 7.62. The first-order valence-electron chi connectivity index (χ1n) is 11.5. The number of rotatable bonds is 8. The lowest BCUT2D eigenvalue weighted by Crippen LogP contribution is -2.44. The Morgan fingerprint density at radius 2 is 1.94 bits per heavy atom. The van der Waals surface area contributed by atoms with E-state index in [1.807, 2.05) is 23.1 Å². The van der Waals surface area contributed by atoms with Crippen LogP contribution in [0, 0.1) is 13.8 Å². The van der Waals surface area contributed by atoms with E-state index in [2.05, 4.69) is 26.2 Å². The molecule has 3 aromatic rings. The number of hydrogen-bond acceptors (Lipinski definition) is 6. The van der Waals surface area contributed by atoms with Gasteiger partial charge in [-0.15, -0.1) is 11.3 Å². The topological polar surface area (TPSA) is 89.7 Å². The molecule has 1 aliphatic heterocycles. The van der Waals surface area contributed by atoms with Gasteiger partial charge in [0.05, 0.1) is 6.26 Å². The molecule has 8 heteroatoms. The first kappa shape index (κ1) is 24.7. The van der Waals surface area contributed by atoms with Gasteiger partial charge in [0, 0.05) is 28.9 Å². The van der Waals surface area contributed by atoms with Crippen molar-refractivity contribution >= 4 is 37.4 Å². The number of aryl methyl sites for hydroxylation is 2. The molecule has 0 fully saturated rings. The highest BCUT2D eigenvalue weighted by Gasteiger charge is 2.28. The van der Waals surface area contributed by atoms with Crippen LogP contribution in [0.15, 0.2) is 35.7 Å². The Labute approximate surface area is 205 Å². The van der Waals surface area contributed by atoms with Crippen LogP contribution >= 0.6 is 11.3 Å². The van der Waals surface area contributed by atoms with Gasteiger partial charge < -0.3 is 14.8 Å². The van der Waals surface area contributed by atoms with Crippen molar-refractivity contribution in [1.82, 2.24) is 4.90 Å². The predicted octanol–water partition coefficient (Wildman–Crippen LogP) is 4.60. The zero-order valence-corrected chi connectivity index (χ0v) is 21.8. The summed E-state index contributed by atoms with van der Waals surface area (Å²) < 4.78 is 28.7. The van der Waals surface area contributed by atoms with Crippen molar-refractivity contribution < 1.29 is 17.4 Å². The second kappa shape index (κ2) is 9.32. The van der Waals surface area contributed by atoms with Gasteiger partial charge in [0.25, 0.3) is 5.91 Å². The number of nitrogens with zero attached hydrogens (tertiary/aromatic N) is 1. The maximum atomic E-state index is 13.0. The molecule has 6 nitrogen and oxygen atoms in total. The average Bonchev–Trinajstić information content (AvgIpc) is 3.15. The van der Waals surface area contributed by atoms with Crippen LogP contribution in [0.3, 0.4) is 0 Å². The van der Waals surface area contributed by atoms with E-state index in [0.717, 1.165) is 54.1 Å². The van der Waals surface area contributed by atoms with E-state index in [1.165, 1.54) is 22.3 Å². The van der Waals surface area contributed by atoms with Crippen molar-refractivity contribution in [1.29, 1.82) is 0 Å². The fourth-order valence-electron chi connectivity index (χ4n) is 4.55. The molecule has 0 spiro atoms. The summed E-state index contributed by atoms with van der Waals surface area (Å²) in [5.41, 5.74) is 11.9. The maximum absolute atomic E-state index is 13.0. The molecule has 1 amide bonds. The Morgan fingerprint density at radius 3 is 2.68 bits per heavy atom. The molecule has 2 N–H and O–H groups in total. The molecule has 0 aliphatic carbocycles. The molecule has 2 heterocycles. The number of carbonyl (C=O) groups excluding carboxylic acids is 1. The molecule has 34 heavy (non-hydrogen) atoms.